The summed E-state index contributed by atoms with van der Waals surface area (Å²) in [4.78, 5) is 0. The second kappa shape index (κ2) is 4.33. The fraction of sp³-hybridized carbons (Fsp3) is 0.231. The van der Waals surface area contributed by atoms with Gasteiger partial charge in [0, 0.05) is 10.6 Å². The summed E-state index contributed by atoms with van der Waals surface area (Å²) in [6, 6.07) is 8.51. The highest BCUT2D eigenvalue weighted by molar-refractivity contribution is 7.71. The first-order valence-electron chi connectivity index (χ1n) is 5.82. The zero-order valence-electron chi connectivity index (χ0n) is 10.2. The van der Waals surface area contributed by atoms with Gasteiger partial charge in [-0.1, -0.05) is 13.8 Å². The van der Waals surface area contributed by atoms with Crippen molar-refractivity contribution in [1.82, 2.24) is 14.8 Å². The molecule has 0 fully saturated rings. The Kier molecular flexibility index (Phi) is 2.80. The smallest absolute Gasteiger partial charge is 0.199 e. The molecule has 0 saturated heterocycles. The number of H-pyrrole nitrogens is 1. The van der Waals surface area contributed by atoms with Crippen molar-refractivity contribution in [3.05, 3.63) is 40.2 Å². The predicted octanol–water partition coefficient (Wildman–Crippen LogP) is 4.27. The monoisotopic (exact) mass is 275 g/mol. The van der Waals surface area contributed by atoms with Crippen LogP contribution in [0.1, 0.15) is 25.6 Å². The molecule has 0 spiro atoms. The summed E-state index contributed by atoms with van der Waals surface area (Å²) in [6.07, 6.45) is 0. The van der Waals surface area contributed by atoms with Crippen LogP contribution in [0.15, 0.2) is 29.6 Å². The zero-order valence-corrected chi connectivity index (χ0v) is 11.8. The molecule has 3 aromatic rings. The Labute approximate surface area is 114 Å². The maximum atomic E-state index is 5.32. The summed E-state index contributed by atoms with van der Waals surface area (Å²) in [6.45, 7) is 4.23. The quantitative estimate of drug-likeness (QED) is 0.709. The lowest BCUT2D eigenvalue weighted by Crippen LogP contribution is -2.03. The molecule has 0 atom stereocenters. The van der Waals surface area contributed by atoms with Crippen molar-refractivity contribution >= 4 is 33.6 Å². The van der Waals surface area contributed by atoms with Crippen LogP contribution in [0.4, 0.5) is 0 Å². The number of rotatable bonds is 2. The number of aromatic amines is 1. The van der Waals surface area contributed by atoms with Crippen LogP contribution in [0.25, 0.3) is 15.8 Å². The molecule has 1 N–H and O–H groups in total. The lowest BCUT2D eigenvalue weighted by atomic mass is 10.2. The molecule has 0 amide bonds. The maximum absolute atomic E-state index is 5.32. The van der Waals surface area contributed by atoms with Crippen LogP contribution in [0.2, 0.25) is 0 Å². The van der Waals surface area contributed by atoms with Gasteiger partial charge in [0.05, 0.1) is 5.69 Å². The Bertz CT molecular complexity index is 749. The number of thiophene rings is 1. The van der Waals surface area contributed by atoms with Gasteiger partial charge in [0.15, 0.2) is 4.77 Å². The molecule has 5 heteroatoms. The minimum Gasteiger partial charge on any atom is -0.272 e. The van der Waals surface area contributed by atoms with E-state index in [1.807, 2.05) is 4.57 Å². The lowest BCUT2D eigenvalue weighted by molar-refractivity contribution is 0.744. The predicted molar refractivity (Wildman–Crippen MR) is 78.2 cm³/mol. The van der Waals surface area contributed by atoms with E-state index in [0.29, 0.717) is 10.7 Å². The van der Waals surface area contributed by atoms with Gasteiger partial charge in [0.25, 0.3) is 0 Å². The standard InChI is InChI=1S/C13H13N3S2/c1-8(2)12-14-15-13(17)16(12)10-3-4-11-9(7-10)5-6-18-11/h3-8H,1-2H3,(H,15,17). The number of hydrogen-bond acceptors (Lipinski definition) is 3. The highest BCUT2D eigenvalue weighted by Crippen LogP contribution is 2.25. The van der Waals surface area contributed by atoms with E-state index < -0.39 is 0 Å². The van der Waals surface area contributed by atoms with Crippen molar-refractivity contribution in [2.75, 3.05) is 0 Å². The first-order valence-corrected chi connectivity index (χ1v) is 7.10. The Morgan fingerprint density at radius 2 is 2.17 bits per heavy atom. The summed E-state index contributed by atoms with van der Waals surface area (Å²) in [5.74, 6) is 1.30. The first kappa shape index (κ1) is 11.6. The number of benzene rings is 1. The van der Waals surface area contributed by atoms with E-state index in [4.69, 9.17) is 12.2 Å². The van der Waals surface area contributed by atoms with Crippen molar-refractivity contribution in [2.24, 2.45) is 0 Å². The second-order valence-electron chi connectivity index (χ2n) is 4.52. The molecule has 0 bridgehead atoms. The summed E-state index contributed by atoms with van der Waals surface area (Å²) in [5.41, 5.74) is 1.07. The van der Waals surface area contributed by atoms with E-state index in [0.717, 1.165) is 11.5 Å². The van der Waals surface area contributed by atoms with Crippen LogP contribution in [0, 0.1) is 4.77 Å². The van der Waals surface area contributed by atoms with Gasteiger partial charge in [-0.3, -0.25) is 9.67 Å². The topological polar surface area (TPSA) is 33.6 Å². The van der Waals surface area contributed by atoms with Gasteiger partial charge in [0.2, 0.25) is 0 Å². The third kappa shape index (κ3) is 1.79. The number of hydrogen-bond donors (Lipinski definition) is 1. The van der Waals surface area contributed by atoms with E-state index in [1.54, 1.807) is 11.3 Å². The van der Waals surface area contributed by atoms with Gasteiger partial charge < -0.3 is 0 Å². The van der Waals surface area contributed by atoms with Crippen molar-refractivity contribution in [2.45, 2.75) is 19.8 Å². The molecule has 0 radical (unpaired) electrons. The first-order chi connectivity index (χ1) is 8.66. The molecular weight excluding hydrogens is 262 g/mol. The Balaban J connectivity index is 2.25. The molecule has 0 aliphatic carbocycles. The van der Waals surface area contributed by atoms with Gasteiger partial charge in [0.1, 0.15) is 5.82 Å². The van der Waals surface area contributed by atoms with Gasteiger partial charge >= 0.3 is 0 Å². The number of nitrogens with zero attached hydrogens (tertiary/aromatic N) is 2. The number of fused-ring (bicyclic) bond motifs is 1. The van der Waals surface area contributed by atoms with E-state index in [2.05, 4.69) is 53.7 Å². The zero-order chi connectivity index (χ0) is 12.7. The lowest BCUT2D eigenvalue weighted by Gasteiger charge is -2.09. The molecule has 0 unspecified atom stereocenters. The third-order valence-corrected chi connectivity index (χ3v) is 4.08. The van der Waals surface area contributed by atoms with Gasteiger partial charge in [-0.25, -0.2) is 0 Å². The summed E-state index contributed by atoms with van der Waals surface area (Å²) in [7, 11) is 0. The molecule has 18 heavy (non-hydrogen) atoms. The van der Waals surface area contributed by atoms with Crippen molar-refractivity contribution in [3.8, 4) is 5.69 Å². The fourth-order valence-corrected chi connectivity index (χ4v) is 3.05. The van der Waals surface area contributed by atoms with E-state index in [9.17, 15) is 0 Å². The van der Waals surface area contributed by atoms with E-state index >= 15 is 0 Å². The molecule has 1 aromatic carbocycles. The van der Waals surface area contributed by atoms with E-state index in [-0.39, 0.29) is 0 Å². The molecule has 2 heterocycles. The van der Waals surface area contributed by atoms with Crippen LogP contribution >= 0.6 is 23.6 Å². The van der Waals surface area contributed by atoms with Crippen molar-refractivity contribution < 1.29 is 0 Å². The molecular formula is C13H13N3S2. The fourth-order valence-electron chi connectivity index (χ4n) is 2.04. The van der Waals surface area contributed by atoms with Gasteiger partial charge in [-0.05, 0) is 47.2 Å². The summed E-state index contributed by atoms with van der Waals surface area (Å²) >= 11 is 7.07. The Morgan fingerprint density at radius 1 is 1.33 bits per heavy atom. The van der Waals surface area contributed by atoms with Crippen molar-refractivity contribution in [3.63, 3.8) is 0 Å². The average Bonchev–Trinajstić information content (AvgIpc) is 2.93. The largest absolute Gasteiger partial charge is 0.272 e. The molecule has 3 rings (SSSR count). The highest BCUT2D eigenvalue weighted by atomic mass is 32.1. The summed E-state index contributed by atoms with van der Waals surface area (Å²) < 4.78 is 3.95. The van der Waals surface area contributed by atoms with Gasteiger partial charge in [-0.2, -0.15) is 5.10 Å². The van der Waals surface area contributed by atoms with Crippen LogP contribution in [-0.4, -0.2) is 14.8 Å². The average molecular weight is 275 g/mol. The van der Waals surface area contributed by atoms with Crippen LogP contribution in [0.5, 0.6) is 0 Å². The molecule has 0 saturated carbocycles. The SMILES string of the molecule is CC(C)c1n[nH]c(=S)n1-c1ccc2sccc2c1. The Hall–Kier alpha value is -1.46. The molecule has 3 nitrogen and oxygen atoms in total. The maximum Gasteiger partial charge on any atom is 0.199 e. The number of nitrogens with one attached hydrogen (secondary N) is 1. The third-order valence-electron chi connectivity index (χ3n) is 2.91. The highest BCUT2D eigenvalue weighted by Gasteiger charge is 2.12. The van der Waals surface area contributed by atoms with Crippen molar-refractivity contribution in [1.29, 1.82) is 0 Å². The Morgan fingerprint density at radius 3 is 2.94 bits per heavy atom. The minimum atomic E-state index is 0.330. The van der Waals surface area contributed by atoms with E-state index in [1.165, 1.54) is 10.1 Å². The van der Waals surface area contributed by atoms with Crippen LogP contribution < -0.4 is 0 Å². The van der Waals surface area contributed by atoms with Crippen LogP contribution in [-0.2, 0) is 0 Å². The van der Waals surface area contributed by atoms with Crippen LogP contribution in [0.3, 0.4) is 0 Å². The summed E-state index contributed by atoms with van der Waals surface area (Å²) in [5, 5.41) is 10.5. The minimum absolute atomic E-state index is 0.330. The molecule has 0 aliphatic heterocycles. The molecule has 92 valence electrons. The molecule has 2 aromatic heterocycles. The number of aromatic nitrogens is 3. The van der Waals surface area contributed by atoms with Gasteiger partial charge in [-0.15, -0.1) is 11.3 Å². The molecule has 0 aliphatic rings. The normalized spacial score (nSPS) is 11.5. The second-order valence-corrected chi connectivity index (χ2v) is 5.85.